The van der Waals surface area contributed by atoms with E-state index in [0.717, 1.165) is 50.4 Å². The minimum absolute atomic E-state index is 0. The summed E-state index contributed by atoms with van der Waals surface area (Å²) < 4.78 is 6.21. The fourth-order valence-electron chi connectivity index (χ4n) is 7.37. The average Bonchev–Trinajstić information content (AvgIpc) is 3.49. The van der Waals surface area contributed by atoms with Crippen LogP contribution in [0, 0.1) is 31.9 Å². The quantitative estimate of drug-likeness (QED) is 0.123. The summed E-state index contributed by atoms with van der Waals surface area (Å²) in [6.45, 7) is 11.5. The van der Waals surface area contributed by atoms with Crippen molar-refractivity contribution in [1.82, 2.24) is 9.97 Å². The van der Waals surface area contributed by atoms with Crippen LogP contribution in [0.1, 0.15) is 48.8 Å². The first-order chi connectivity index (χ1) is 24.2. The van der Waals surface area contributed by atoms with Gasteiger partial charge in [-0.05, 0) is 77.0 Å². The van der Waals surface area contributed by atoms with Crippen LogP contribution in [0.5, 0.6) is 0 Å². The normalized spacial score (nSPS) is 13.4. The summed E-state index contributed by atoms with van der Waals surface area (Å²) in [7, 11) is -1.36. The van der Waals surface area contributed by atoms with Gasteiger partial charge in [-0.1, -0.05) is 123 Å². The minimum Gasteiger partial charge on any atom is -0.476 e. The van der Waals surface area contributed by atoms with Crippen molar-refractivity contribution in [3.05, 3.63) is 138 Å². The molecule has 3 nitrogen and oxygen atoms in total. The molecule has 0 spiro atoms. The molecule has 8 rings (SSSR count). The molecule has 1 saturated carbocycles. The average molecular weight is 863 g/mol. The number of pyridine rings is 2. The monoisotopic (exact) mass is 863 g/mol. The van der Waals surface area contributed by atoms with Crippen molar-refractivity contribution in [2.45, 2.75) is 72.0 Å². The second kappa shape index (κ2) is 16.0. The molecule has 51 heavy (non-hydrogen) atoms. The van der Waals surface area contributed by atoms with Crippen LogP contribution in [0.15, 0.2) is 114 Å². The van der Waals surface area contributed by atoms with Crippen LogP contribution >= 0.6 is 0 Å². The standard InChI is InChI=1S/C25H18NO.C21H28NSi.Ir/c1-16-10-11-26-23(12-16)19-8-9-20-22-13-17(2)21(18-6-4-3-5-7-18)15-25(22)27-24(20)14-19;1-23(2,3)21-16-22-20(18-12-8-5-9-13-18)15-19(21)14-17-10-6-4-7-11-17;/h3-7,9-15H,1-2H3;5,8-9,12,15-17H,4,6-7,10-11,14H2,1-3H3;/q2*-1;. The number of furan rings is 1. The number of hydrogen-bond acceptors (Lipinski definition) is 3. The summed E-state index contributed by atoms with van der Waals surface area (Å²) in [6.07, 6.45) is 12.3. The first kappa shape index (κ1) is 36.6. The summed E-state index contributed by atoms with van der Waals surface area (Å²) in [4.78, 5) is 9.24. The summed E-state index contributed by atoms with van der Waals surface area (Å²) in [5, 5.41) is 3.76. The van der Waals surface area contributed by atoms with Crippen molar-refractivity contribution in [3.8, 4) is 33.6 Å². The third kappa shape index (κ3) is 8.50. The molecule has 0 saturated heterocycles. The Kier molecular flexibility index (Phi) is 11.5. The second-order valence-corrected chi connectivity index (χ2v) is 20.0. The second-order valence-electron chi connectivity index (χ2n) is 14.9. The van der Waals surface area contributed by atoms with Crippen LogP contribution in [0.4, 0.5) is 0 Å². The molecule has 1 fully saturated rings. The first-order valence-electron chi connectivity index (χ1n) is 18.1. The van der Waals surface area contributed by atoms with Crippen molar-refractivity contribution in [2.24, 2.45) is 5.92 Å². The Bertz CT molecular complexity index is 2230. The van der Waals surface area contributed by atoms with Gasteiger partial charge in [0.15, 0.2) is 0 Å². The number of aromatic nitrogens is 2. The van der Waals surface area contributed by atoms with Gasteiger partial charge in [-0.2, -0.15) is 0 Å². The van der Waals surface area contributed by atoms with E-state index in [1.165, 1.54) is 60.8 Å². The summed E-state index contributed by atoms with van der Waals surface area (Å²) in [6, 6.07) is 40.1. The number of hydrogen-bond donors (Lipinski definition) is 0. The van der Waals surface area contributed by atoms with Gasteiger partial charge in [0.05, 0.1) is 13.7 Å². The van der Waals surface area contributed by atoms with E-state index in [2.05, 4.69) is 117 Å². The number of benzene rings is 4. The van der Waals surface area contributed by atoms with Crippen LogP contribution in [0.25, 0.3) is 55.6 Å². The SMILES string of the molecule is C[Si](C)(C)c1cnc(-c2[c-]cccc2)cc1CC1CCCCC1.Cc1ccnc(-c2[c-]cc3c(c2)oc2cc(-c4ccccc4)c(C)cc23)c1.[Ir]. The predicted molar refractivity (Wildman–Crippen MR) is 212 cm³/mol. The minimum atomic E-state index is -1.36. The maximum Gasteiger partial charge on any atom is 0.124 e. The topological polar surface area (TPSA) is 38.9 Å². The fraction of sp³-hybridized carbons (Fsp3) is 0.261. The first-order valence-corrected chi connectivity index (χ1v) is 21.6. The van der Waals surface area contributed by atoms with Crippen molar-refractivity contribution < 1.29 is 24.5 Å². The number of fused-ring (bicyclic) bond motifs is 3. The zero-order valence-corrected chi connectivity index (χ0v) is 33.7. The van der Waals surface area contributed by atoms with E-state index < -0.39 is 8.07 Å². The van der Waals surface area contributed by atoms with E-state index in [1.54, 1.807) is 10.8 Å². The van der Waals surface area contributed by atoms with Gasteiger partial charge in [0.1, 0.15) is 5.58 Å². The molecule has 0 atom stereocenters. The maximum absolute atomic E-state index is 6.21. The van der Waals surface area contributed by atoms with Crippen LogP contribution in [0.3, 0.4) is 0 Å². The van der Waals surface area contributed by atoms with Crippen molar-refractivity contribution in [3.63, 3.8) is 0 Å². The van der Waals surface area contributed by atoms with Crippen LogP contribution in [0.2, 0.25) is 19.6 Å². The molecule has 1 aliphatic carbocycles. The zero-order valence-electron chi connectivity index (χ0n) is 30.3. The molecule has 0 aliphatic heterocycles. The van der Waals surface area contributed by atoms with E-state index in [1.807, 2.05) is 42.6 Å². The van der Waals surface area contributed by atoms with Gasteiger partial charge >= 0.3 is 0 Å². The predicted octanol–water partition coefficient (Wildman–Crippen LogP) is 11.9. The molecule has 7 aromatic rings. The maximum atomic E-state index is 6.21. The molecule has 3 aromatic heterocycles. The van der Waals surface area contributed by atoms with E-state index in [-0.39, 0.29) is 20.1 Å². The Balaban J connectivity index is 0.000000175. The molecule has 5 heteroatoms. The van der Waals surface area contributed by atoms with Crippen LogP contribution in [-0.2, 0) is 26.5 Å². The Hall–Kier alpha value is -4.15. The molecule has 1 radical (unpaired) electrons. The van der Waals surface area contributed by atoms with E-state index >= 15 is 0 Å². The number of aryl methyl sites for hydroxylation is 2. The van der Waals surface area contributed by atoms with Gasteiger partial charge in [-0.25, -0.2) is 0 Å². The van der Waals surface area contributed by atoms with Gasteiger partial charge < -0.3 is 14.4 Å². The Morgan fingerprint density at radius 2 is 1.49 bits per heavy atom. The zero-order chi connectivity index (χ0) is 34.7. The fourth-order valence-corrected chi connectivity index (χ4v) is 8.96. The summed E-state index contributed by atoms with van der Waals surface area (Å²) in [5.74, 6) is 0.869. The molecule has 0 N–H and O–H groups in total. The third-order valence-electron chi connectivity index (χ3n) is 10.0. The number of rotatable bonds is 6. The third-order valence-corrected chi connectivity index (χ3v) is 12.1. The Morgan fingerprint density at radius 1 is 0.745 bits per heavy atom. The van der Waals surface area contributed by atoms with E-state index in [9.17, 15) is 0 Å². The van der Waals surface area contributed by atoms with Gasteiger partial charge in [-0.15, -0.1) is 53.6 Å². The molecule has 4 aromatic carbocycles. The molecule has 1 aliphatic rings. The molecule has 3 heterocycles. The largest absolute Gasteiger partial charge is 0.476 e. The van der Waals surface area contributed by atoms with Gasteiger partial charge in [0.2, 0.25) is 0 Å². The summed E-state index contributed by atoms with van der Waals surface area (Å²) >= 11 is 0. The van der Waals surface area contributed by atoms with Gasteiger partial charge in [0.25, 0.3) is 0 Å². The van der Waals surface area contributed by atoms with Crippen molar-refractivity contribution in [1.29, 1.82) is 0 Å². The van der Waals surface area contributed by atoms with Gasteiger partial charge in [-0.3, -0.25) is 0 Å². The molecule has 0 bridgehead atoms. The smallest absolute Gasteiger partial charge is 0.124 e. The molecule has 261 valence electrons. The van der Waals surface area contributed by atoms with E-state index in [4.69, 9.17) is 9.40 Å². The Labute approximate surface area is 317 Å². The van der Waals surface area contributed by atoms with Crippen LogP contribution < -0.4 is 5.19 Å². The number of nitrogens with zero attached hydrogens (tertiary/aromatic N) is 2. The molecular weight excluding hydrogens is 817 g/mol. The summed E-state index contributed by atoms with van der Waals surface area (Å²) in [5.41, 5.74) is 12.2. The Morgan fingerprint density at radius 3 is 2.22 bits per heavy atom. The molecular formula is C46H46IrN2OSi-2. The molecule has 0 amide bonds. The van der Waals surface area contributed by atoms with Crippen molar-refractivity contribution >= 4 is 35.2 Å². The molecule has 0 unspecified atom stereocenters. The van der Waals surface area contributed by atoms with E-state index in [0.29, 0.717) is 0 Å². The van der Waals surface area contributed by atoms with Crippen molar-refractivity contribution in [2.75, 3.05) is 0 Å². The van der Waals surface area contributed by atoms with Gasteiger partial charge in [0, 0.05) is 32.5 Å². The van der Waals surface area contributed by atoms with Crippen LogP contribution in [-0.4, -0.2) is 18.0 Å².